The van der Waals surface area contributed by atoms with Crippen molar-refractivity contribution in [3.05, 3.63) is 88.9 Å². The average molecular weight is 806 g/mol. The molecule has 1 aromatic heterocycles. The molecule has 0 bridgehead atoms. The van der Waals surface area contributed by atoms with Gasteiger partial charge in [0.1, 0.15) is 23.1 Å². The number of likely N-dealkylation sites (N-methyl/N-ethyl adjacent to an activating group) is 1. The van der Waals surface area contributed by atoms with Gasteiger partial charge in [-0.3, -0.25) is 4.79 Å². The van der Waals surface area contributed by atoms with E-state index in [9.17, 15) is 27.9 Å². The van der Waals surface area contributed by atoms with E-state index in [1.54, 1.807) is 65.8 Å². The molecule has 2 unspecified atom stereocenters. The number of aromatic nitrogens is 1. The van der Waals surface area contributed by atoms with E-state index in [-0.39, 0.29) is 40.9 Å². The number of benzene rings is 3. The van der Waals surface area contributed by atoms with Crippen molar-refractivity contribution in [1.82, 2.24) is 9.88 Å². The third kappa shape index (κ3) is 10.0. The zero-order valence-corrected chi connectivity index (χ0v) is 34.7. The molecule has 1 aliphatic carbocycles. The number of aryl methyl sites for hydroxylation is 1. The van der Waals surface area contributed by atoms with Crippen LogP contribution in [0.5, 0.6) is 0 Å². The maximum atomic E-state index is 16.4. The number of aliphatic hydroxyl groups is 1. The van der Waals surface area contributed by atoms with Gasteiger partial charge in [-0.1, -0.05) is 25.1 Å². The Bertz CT molecular complexity index is 2270. The Labute approximate surface area is 333 Å². The van der Waals surface area contributed by atoms with Crippen molar-refractivity contribution in [2.24, 2.45) is 0 Å². The molecule has 0 radical (unpaired) electrons. The van der Waals surface area contributed by atoms with Crippen LogP contribution in [0.25, 0.3) is 10.8 Å². The fourth-order valence-electron chi connectivity index (χ4n) is 6.42. The van der Waals surface area contributed by atoms with Gasteiger partial charge in [0.05, 0.1) is 15.8 Å². The van der Waals surface area contributed by atoms with E-state index >= 15 is 4.39 Å². The molecule has 13 nitrogen and oxygen atoms in total. The number of pyridine rings is 1. The van der Waals surface area contributed by atoms with Crippen molar-refractivity contribution in [3.8, 4) is 0 Å². The lowest BCUT2D eigenvalue weighted by atomic mass is 9.93. The van der Waals surface area contributed by atoms with Gasteiger partial charge < -0.3 is 30.5 Å². The highest BCUT2D eigenvalue weighted by Crippen LogP contribution is 2.37. The molecule has 3 aromatic carbocycles. The Morgan fingerprint density at radius 2 is 1.61 bits per heavy atom. The summed E-state index contributed by atoms with van der Waals surface area (Å²) in [7, 11) is -2.11. The predicted molar refractivity (Wildman–Crippen MR) is 217 cm³/mol. The molecule has 0 spiro atoms. The number of hydrogen-bond donors (Lipinski definition) is 3. The molecule has 1 saturated carbocycles. The SMILES string of the molecule is Cc1cc(C(Nc2cc3ccnc(N(C(=O)OC(C)(C)C)C(=O)OC(C)(C)C)c3cc2F)C(=O)N(C)Cc2cc(N)ccc2S(=O)(=O)C2CC2)ccc1C(C)CO. The Hall–Kier alpha value is -5.28. The van der Waals surface area contributed by atoms with Gasteiger partial charge in [-0.05, 0) is 125 Å². The fourth-order valence-corrected chi connectivity index (χ4v) is 8.28. The predicted octanol–water partition coefficient (Wildman–Crippen LogP) is 7.78. The highest BCUT2D eigenvalue weighted by Gasteiger charge is 2.39. The maximum absolute atomic E-state index is 16.4. The maximum Gasteiger partial charge on any atom is 0.425 e. The molecule has 0 aliphatic heterocycles. The molecule has 4 N–H and O–H groups in total. The lowest BCUT2D eigenvalue weighted by Crippen LogP contribution is -2.44. The van der Waals surface area contributed by atoms with Crippen LogP contribution in [0.15, 0.2) is 65.7 Å². The van der Waals surface area contributed by atoms with Gasteiger partial charge in [0.2, 0.25) is 5.91 Å². The summed E-state index contributed by atoms with van der Waals surface area (Å²) in [5, 5.41) is 12.9. The van der Waals surface area contributed by atoms with Crippen LogP contribution in [0.3, 0.4) is 0 Å². The summed E-state index contributed by atoms with van der Waals surface area (Å²) in [6, 6.07) is 12.8. The van der Waals surface area contributed by atoms with Crippen LogP contribution < -0.4 is 16.0 Å². The lowest BCUT2D eigenvalue weighted by molar-refractivity contribution is -0.131. The summed E-state index contributed by atoms with van der Waals surface area (Å²) in [6.07, 6.45) is 0.324. The second-order valence-corrected chi connectivity index (χ2v) is 18.8. The summed E-state index contributed by atoms with van der Waals surface area (Å²) in [5.41, 5.74) is 6.85. The molecular formula is C42H52FN5O8S. The number of imide groups is 1. The number of aliphatic hydroxyl groups excluding tert-OH is 1. The number of halogens is 1. The van der Waals surface area contributed by atoms with Crippen LogP contribution in [0, 0.1) is 12.7 Å². The molecule has 1 aliphatic rings. The number of fused-ring (bicyclic) bond motifs is 1. The first-order valence-corrected chi connectivity index (χ1v) is 20.2. The quantitative estimate of drug-likeness (QED) is 0.126. The van der Waals surface area contributed by atoms with Crippen molar-refractivity contribution in [1.29, 1.82) is 0 Å². The van der Waals surface area contributed by atoms with Crippen molar-refractivity contribution in [2.75, 3.05) is 29.6 Å². The number of nitrogens with one attached hydrogen (secondary N) is 1. The summed E-state index contributed by atoms with van der Waals surface area (Å²) >= 11 is 0. The monoisotopic (exact) mass is 805 g/mol. The van der Waals surface area contributed by atoms with Gasteiger partial charge in [-0.25, -0.2) is 27.4 Å². The molecule has 3 amide bonds. The van der Waals surface area contributed by atoms with Gasteiger partial charge in [0.25, 0.3) is 0 Å². The summed E-state index contributed by atoms with van der Waals surface area (Å²) < 4.78 is 54.2. The standard InChI is InChI=1S/C42H52FN5O8S/c1-24-18-27(10-14-31(24)25(2)23-49)36(38(50)47(9)22-28-19-29(44)11-15-35(28)57(53,54)30-12-13-30)46-34-20-26-16-17-45-37(32(26)21-33(34)43)48(39(51)55-41(3,4)5)40(52)56-42(6,7)8/h10-11,14-21,25,30,36,46,49H,12-13,22-23,44H2,1-9H3. The molecule has 1 fully saturated rings. The van der Waals surface area contributed by atoms with E-state index in [4.69, 9.17) is 15.2 Å². The van der Waals surface area contributed by atoms with Gasteiger partial charge in [-0.2, -0.15) is 4.90 Å². The Balaban J connectivity index is 1.58. The van der Waals surface area contributed by atoms with Gasteiger partial charge in [0.15, 0.2) is 15.7 Å². The Morgan fingerprint density at radius 1 is 0.982 bits per heavy atom. The molecule has 1 heterocycles. The summed E-state index contributed by atoms with van der Waals surface area (Å²) in [5.74, 6) is -1.75. The lowest BCUT2D eigenvalue weighted by Gasteiger charge is -2.29. The number of nitrogens with two attached hydrogens (primary N) is 1. The van der Waals surface area contributed by atoms with Crippen LogP contribution in [0.2, 0.25) is 0 Å². The molecule has 57 heavy (non-hydrogen) atoms. The first-order valence-electron chi connectivity index (χ1n) is 18.7. The normalized spacial score (nSPS) is 14.4. The number of sulfone groups is 1. The topological polar surface area (TPSA) is 181 Å². The first-order chi connectivity index (χ1) is 26.5. The number of amides is 3. The van der Waals surface area contributed by atoms with Crippen molar-refractivity contribution in [3.63, 3.8) is 0 Å². The first kappa shape index (κ1) is 42.9. The van der Waals surface area contributed by atoms with Crippen molar-refractivity contribution in [2.45, 2.75) is 108 Å². The van der Waals surface area contributed by atoms with Crippen LogP contribution in [-0.4, -0.2) is 71.6 Å². The second-order valence-electron chi connectivity index (χ2n) is 16.6. The molecule has 5 rings (SSSR count). The Kier molecular flexibility index (Phi) is 12.3. The number of anilines is 3. The fraction of sp³-hybridized carbons (Fsp3) is 0.429. The zero-order valence-electron chi connectivity index (χ0n) is 33.8. The molecule has 306 valence electrons. The second kappa shape index (κ2) is 16.3. The van der Waals surface area contributed by atoms with Crippen LogP contribution in [0.4, 0.5) is 31.2 Å². The molecular weight excluding hydrogens is 754 g/mol. The van der Waals surface area contributed by atoms with E-state index in [0.29, 0.717) is 39.9 Å². The molecule has 0 saturated heterocycles. The molecule has 4 aromatic rings. The van der Waals surface area contributed by atoms with E-state index in [1.165, 1.54) is 36.3 Å². The van der Waals surface area contributed by atoms with Crippen LogP contribution in [0.1, 0.15) is 95.5 Å². The van der Waals surface area contributed by atoms with Crippen molar-refractivity contribution < 1.29 is 41.8 Å². The number of nitrogen functional groups attached to an aromatic ring is 1. The third-order valence-corrected chi connectivity index (χ3v) is 11.7. The number of rotatable bonds is 11. The summed E-state index contributed by atoms with van der Waals surface area (Å²) in [6.45, 7) is 13.3. The number of ether oxygens (including phenoxy) is 2. The largest absolute Gasteiger partial charge is 0.443 e. The zero-order chi connectivity index (χ0) is 42.2. The van der Waals surface area contributed by atoms with Gasteiger partial charge in [-0.15, -0.1) is 0 Å². The van der Waals surface area contributed by atoms with E-state index < -0.39 is 56.2 Å². The van der Waals surface area contributed by atoms with Gasteiger partial charge in [0, 0.05) is 43.4 Å². The minimum Gasteiger partial charge on any atom is -0.443 e. The highest BCUT2D eigenvalue weighted by molar-refractivity contribution is 7.92. The average Bonchev–Trinajstić information content (AvgIpc) is 3.96. The van der Waals surface area contributed by atoms with Crippen LogP contribution in [-0.2, 0) is 30.7 Å². The van der Waals surface area contributed by atoms with Crippen molar-refractivity contribution >= 4 is 55.9 Å². The van der Waals surface area contributed by atoms with Gasteiger partial charge >= 0.3 is 12.2 Å². The highest BCUT2D eigenvalue weighted by atomic mass is 32.2. The third-order valence-electron chi connectivity index (χ3n) is 9.31. The van der Waals surface area contributed by atoms with E-state index in [2.05, 4.69) is 10.3 Å². The minimum atomic E-state index is -3.64. The van der Waals surface area contributed by atoms with E-state index in [0.717, 1.165) is 17.2 Å². The number of carbonyl (C=O) groups excluding carboxylic acids is 3. The number of hydrogen-bond acceptors (Lipinski definition) is 11. The minimum absolute atomic E-state index is 0.0844. The molecule has 2 atom stereocenters. The van der Waals surface area contributed by atoms with Crippen LogP contribution >= 0.6 is 0 Å². The number of carbonyl (C=O) groups is 3. The summed E-state index contributed by atoms with van der Waals surface area (Å²) in [4.78, 5) is 47.8. The molecule has 15 heteroatoms. The Morgan fingerprint density at radius 3 is 2.18 bits per heavy atom. The smallest absolute Gasteiger partial charge is 0.425 e. The number of nitrogens with zero attached hydrogens (tertiary/aromatic N) is 3. The van der Waals surface area contributed by atoms with E-state index in [1.807, 2.05) is 19.9 Å².